The van der Waals surface area contributed by atoms with Crippen LogP contribution in [0.25, 0.3) is 0 Å². The molecule has 0 saturated heterocycles. The molecule has 1 aromatic carbocycles. The smallest absolute Gasteiger partial charge is 0.284 e. The second kappa shape index (κ2) is 7.31. The van der Waals surface area contributed by atoms with Crippen LogP contribution in [0.15, 0.2) is 24.3 Å². The fourth-order valence-electron chi connectivity index (χ4n) is 2.69. The first-order valence-electron chi connectivity index (χ1n) is 7.84. The monoisotopic (exact) mass is 316 g/mol. The first kappa shape index (κ1) is 17.1. The summed E-state index contributed by atoms with van der Waals surface area (Å²) in [6, 6.07) is 7.14. The van der Waals surface area contributed by atoms with Crippen molar-refractivity contribution < 1.29 is 14.3 Å². The number of aromatic nitrogens is 2. The number of hydrogen-bond donors (Lipinski definition) is 0. The molecule has 2 aromatic rings. The predicted molar refractivity (Wildman–Crippen MR) is 89.5 cm³/mol. The van der Waals surface area contributed by atoms with Crippen molar-refractivity contribution >= 4 is 5.91 Å². The van der Waals surface area contributed by atoms with Crippen molar-refractivity contribution in [3.63, 3.8) is 0 Å². The van der Waals surface area contributed by atoms with Crippen LogP contribution < -0.4 is 9.47 Å². The van der Waals surface area contributed by atoms with Gasteiger partial charge in [0.05, 0.1) is 12.8 Å². The van der Waals surface area contributed by atoms with Crippen LogP contribution >= 0.6 is 0 Å². The van der Waals surface area contributed by atoms with Gasteiger partial charge >= 0.3 is 0 Å². The molecule has 5 heteroatoms. The maximum atomic E-state index is 12.4. The summed E-state index contributed by atoms with van der Waals surface area (Å²) in [6.45, 7) is 8.12. The zero-order valence-corrected chi connectivity index (χ0v) is 14.4. The van der Waals surface area contributed by atoms with Crippen molar-refractivity contribution in [3.8, 4) is 11.5 Å². The van der Waals surface area contributed by atoms with E-state index in [4.69, 9.17) is 9.47 Å². The molecule has 0 amide bonds. The molecular weight excluding hydrogens is 292 g/mol. The summed E-state index contributed by atoms with van der Waals surface area (Å²) in [4.78, 5) is 12.4. The van der Waals surface area contributed by atoms with Gasteiger partial charge in [0.25, 0.3) is 5.91 Å². The Morgan fingerprint density at radius 3 is 2.39 bits per heavy atom. The highest BCUT2D eigenvalue weighted by atomic mass is 16.5. The average Bonchev–Trinajstić information content (AvgIpc) is 2.87. The Hall–Kier alpha value is -2.30. The third kappa shape index (κ3) is 3.73. The molecule has 0 saturated carbocycles. The molecule has 0 aliphatic heterocycles. The van der Waals surface area contributed by atoms with Gasteiger partial charge in [0.15, 0.2) is 6.61 Å². The number of rotatable bonds is 6. The SMILES string of the molecule is CCC(C)c1c(C)nn(C(=O)COc2ccc(OC)cc2)c1C. The second-order valence-electron chi connectivity index (χ2n) is 5.66. The summed E-state index contributed by atoms with van der Waals surface area (Å²) in [7, 11) is 1.61. The van der Waals surface area contributed by atoms with Gasteiger partial charge in [0.1, 0.15) is 11.5 Å². The summed E-state index contributed by atoms with van der Waals surface area (Å²) >= 11 is 0. The minimum atomic E-state index is -0.170. The van der Waals surface area contributed by atoms with E-state index in [2.05, 4.69) is 18.9 Å². The first-order valence-corrected chi connectivity index (χ1v) is 7.84. The standard InChI is InChI=1S/C18H24N2O3/c1-6-12(2)18-13(3)19-20(14(18)4)17(21)11-23-16-9-7-15(22-5)8-10-16/h7-10,12H,6,11H2,1-5H3. The van der Waals surface area contributed by atoms with Crippen molar-refractivity contribution in [3.05, 3.63) is 41.2 Å². The average molecular weight is 316 g/mol. The van der Waals surface area contributed by atoms with Crippen molar-refractivity contribution in [2.24, 2.45) is 0 Å². The molecule has 0 aliphatic carbocycles. The first-order chi connectivity index (χ1) is 11.0. The van der Waals surface area contributed by atoms with Gasteiger partial charge in [-0.2, -0.15) is 5.10 Å². The lowest BCUT2D eigenvalue weighted by molar-refractivity contribution is 0.0818. The van der Waals surface area contributed by atoms with Gasteiger partial charge in [-0.1, -0.05) is 13.8 Å². The molecule has 1 atom stereocenters. The normalized spacial score (nSPS) is 12.0. The fourth-order valence-corrected chi connectivity index (χ4v) is 2.69. The zero-order chi connectivity index (χ0) is 17.0. The van der Waals surface area contributed by atoms with E-state index in [-0.39, 0.29) is 12.5 Å². The third-order valence-electron chi connectivity index (χ3n) is 4.11. The lowest BCUT2D eigenvalue weighted by atomic mass is 9.97. The van der Waals surface area contributed by atoms with E-state index in [1.807, 2.05) is 13.8 Å². The maximum Gasteiger partial charge on any atom is 0.284 e. The Kier molecular flexibility index (Phi) is 5.42. The Balaban J connectivity index is 2.08. The maximum absolute atomic E-state index is 12.4. The molecule has 0 fully saturated rings. The molecule has 23 heavy (non-hydrogen) atoms. The minimum absolute atomic E-state index is 0.0474. The highest BCUT2D eigenvalue weighted by Gasteiger charge is 2.20. The zero-order valence-electron chi connectivity index (χ0n) is 14.4. The van der Waals surface area contributed by atoms with Gasteiger partial charge in [-0.3, -0.25) is 4.79 Å². The molecule has 0 radical (unpaired) electrons. The number of ether oxygens (including phenoxy) is 2. The van der Waals surface area contributed by atoms with Crippen LogP contribution in [-0.2, 0) is 0 Å². The number of aryl methyl sites for hydroxylation is 1. The number of methoxy groups -OCH3 is 1. The van der Waals surface area contributed by atoms with Crippen molar-refractivity contribution in [2.75, 3.05) is 13.7 Å². The number of carbonyl (C=O) groups is 1. The van der Waals surface area contributed by atoms with Crippen LogP contribution in [0.1, 0.15) is 47.9 Å². The predicted octanol–water partition coefficient (Wildman–Crippen LogP) is 3.74. The van der Waals surface area contributed by atoms with Gasteiger partial charge in [-0.05, 0) is 56.0 Å². The summed E-state index contributed by atoms with van der Waals surface area (Å²) in [6.07, 6.45) is 1.02. The number of benzene rings is 1. The molecular formula is C18H24N2O3. The Morgan fingerprint density at radius 2 is 1.83 bits per heavy atom. The van der Waals surface area contributed by atoms with E-state index in [1.165, 1.54) is 4.68 Å². The molecule has 1 unspecified atom stereocenters. The van der Waals surface area contributed by atoms with E-state index >= 15 is 0 Å². The van der Waals surface area contributed by atoms with Gasteiger partial charge in [0.2, 0.25) is 0 Å². The topological polar surface area (TPSA) is 53.4 Å². The van der Waals surface area contributed by atoms with Gasteiger partial charge in [-0.25, -0.2) is 4.68 Å². The molecule has 1 heterocycles. The lowest BCUT2D eigenvalue weighted by Crippen LogP contribution is -2.21. The molecule has 124 valence electrons. The van der Waals surface area contributed by atoms with Crippen LogP contribution in [0.4, 0.5) is 0 Å². The largest absolute Gasteiger partial charge is 0.497 e. The van der Waals surface area contributed by atoms with Crippen molar-refractivity contribution in [1.29, 1.82) is 0 Å². The molecule has 0 spiro atoms. The summed E-state index contributed by atoms with van der Waals surface area (Å²) in [5.74, 6) is 1.60. The second-order valence-corrected chi connectivity index (χ2v) is 5.66. The lowest BCUT2D eigenvalue weighted by Gasteiger charge is -2.10. The van der Waals surface area contributed by atoms with Crippen LogP contribution in [0, 0.1) is 13.8 Å². The molecule has 0 aliphatic rings. The molecule has 0 bridgehead atoms. The summed E-state index contributed by atoms with van der Waals surface area (Å²) < 4.78 is 12.1. The number of hydrogen-bond acceptors (Lipinski definition) is 4. The molecule has 5 nitrogen and oxygen atoms in total. The quantitative estimate of drug-likeness (QED) is 0.814. The Labute approximate surface area is 137 Å². The van der Waals surface area contributed by atoms with E-state index in [0.29, 0.717) is 11.7 Å². The van der Waals surface area contributed by atoms with E-state index < -0.39 is 0 Å². The van der Waals surface area contributed by atoms with Gasteiger partial charge < -0.3 is 9.47 Å². The fraction of sp³-hybridized carbons (Fsp3) is 0.444. The molecule has 0 N–H and O–H groups in total. The number of nitrogens with zero attached hydrogens (tertiary/aromatic N) is 2. The van der Waals surface area contributed by atoms with Crippen LogP contribution in [0.2, 0.25) is 0 Å². The van der Waals surface area contributed by atoms with Gasteiger partial charge in [0, 0.05) is 5.69 Å². The third-order valence-corrected chi connectivity index (χ3v) is 4.11. The van der Waals surface area contributed by atoms with Gasteiger partial charge in [-0.15, -0.1) is 0 Å². The van der Waals surface area contributed by atoms with E-state index in [9.17, 15) is 4.79 Å². The highest BCUT2D eigenvalue weighted by molar-refractivity contribution is 5.80. The minimum Gasteiger partial charge on any atom is -0.497 e. The van der Waals surface area contributed by atoms with Crippen LogP contribution in [-0.4, -0.2) is 29.4 Å². The summed E-state index contributed by atoms with van der Waals surface area (Å²) in [5.41, 5.74) is 2.97. The number of carbonyl (C=O) groups excluding carboxylic acids is 1. The highest BCUT2D eigenvalue weighted by Crippen LogP contribution is 2.25. The molecule has 2 rings (SSSR count). The molecule has 1 aromatic heterocycles. The Bertz CT molecular complexity index is 674. The van der Waals surface area contributed by atoms with E-state index in [1.54, 1.807) is 31.4 Å². The van der Waals surface area contributed by atoms with Crippen LogP contribution in [0.3, 0.4) is 0 Å². The van der Waals surface area contributed by atoms with Crippen LogP contribution in [0.5, 0.6) is 11.5 Å². The van der Waals surface area contributed by atoms with Crippen molar-refractivity contribution in [1.82, 2.24) is 9.78 Å². The summed E-state index contributed by atoms with van der Waals surface area (Å²) in [5, 5.41) is 4.39. The van der Waals surface area contributed by atoms with E-state index in [0.717, 1.165) is 29.1 Å². The Morgan fingerprint density at radius 1 is 1.22 bits per heavy atom. The van der Waals surface area contributed by atoms with Crippen molar-refractivity contribution in [2.45, 2.75) is 40.0 Å².